The second-order valence-corrected chi connectivity index (χ2v) is 8.79. The summed E-state index contributed by atoms with van der Waals surface area (Å²) in [7, 11) is 0.976. The third kappa shape index (κ3) is 17.6. The summed E-state index contributed by atoms with van der Waals surface area (Å²) in [5.41, 5.74) is 0. The highest BCUT2D eigenvalue weighted by atomic mass is 19.4. The number of hydrogen-bond acceptors (Lipinski definition) is 11. The molecule has 0 aliphatic rings. The molecule has 0 aliphatic carbocycles. The van der Waals surface area contributed by atoms with Gasteiger partial charge >= 0.3 is 109 Å². The molecule has 11 nitrogen and oxygen atoms in total. The highest BCUT2D eigenvalue weighted by Gasteiger charge is 2.83. The molecule has 0 saturated heterocycles. The molecule has 0 fully saturated rings. The van der Waals surface area contributed by atoms with Crippen LogP contribution < -0.4 is 0 Å². The highest BCUT2D eigenvalue weighted by Crippen LogP contribution is 2.54. The van der Waals surface area contributed by atoms with E-state index in [0.717, 1.165) is 7.11 Å². The Bertz CT molecular complexity index is 1450. The van der Waals surface area contributed by atoms with Crippen LogP contribution in [0.5, 0.6) is 0 Å². The summed E-state index contributed by atoms with van der Waals surface area (Å²) in [4.78, 5) is 38.5. The Kier molecular flexibility index (Phi) is 25.2. The van der Waals surface area contributed by atoms with Gasteiger partial charge in [0.2, 0.25) is 0 Å². The average molecular weight is 1020 g/mol. The van der Waals surface area contributed by atoms with Crippen LogP contribution in [0.4, 0.5) is 132 Å². The van der Waals surface area contributed by atoms with E-state index in [2.05, 4.69) is 14.2 Å². The zero-order chi connectivity index (χ0) is 51.3. The third-order valence-corrected chi connectivity index (χ3v) is 4.63. The van der Waals surface area contributed by atoms with Crippen molar-refractivity contribution in [1.82, 2.24) is 0 Å². The molecule has 0 N–H and O–H groups in total. The number of ether oxygens (including phenoxy) is 7. The molecule has 2 atom stereocenters. The van der Waals surface area contributed by atoms with Crippen LogP contribution in [-0.2, 0) is 47.5 Å². The molecule has 0 heterocycles. The lowest BCUT2D eigenvalue weighted by atomic mass is 10.2. The van der Waals surface area contributed by atoms with Crippen LogP contribution in [0.25, 0.3) is 0 Å². The number of carbonyl (C=O) groups is 4. The molecule has 0 aromatic heterocycles. The number of hydrogen-bond donors (Lipinski definition) is 0. The summed E-state index contributed by atoms with van der Waals surface area (Å²) in [6.07, 6.45) is -52.5. The lowest BCUT2D eigenvalue weighted by molar-refractivity contribution is -0.513. The molecule has 0 aliphatic heterocycles. The Balaban J connectivity index is -0.000000288. The maximum absolute atomic E-state index is 13.5. The fourth-order valence-electron chi connectivity index (χ4n) is 1.97. The van der Waals surface area contributed by atoms with Crippen molar-refractivity contribution in [2.24, 2.45) is 0 Å². The Labute approximate surface area is 325 Å². The number of methoxy groups -OCH3 is 3. The van der Waals surface area contributed by atoms with Crippen molar-refractivity contribution < 1.29 is 180 Å². The first kappa shape index (κ1) is 67.1. The van der Waals surface area contributed by atoms with Crippen molar-refractivity contribution in [3.8, 4) is 0 Å². The van der Waals surface area contributed by atoms with Gasteiger partial charge in [-0.25, -0.2) is 18.8 Å². The topological polar surface area (TPSA) is 133 Å². The second-order valence-electron chi connectivity index (χ2n) is 8.79. The van der Waals surface area contributed by atoms with Crippen LogP contribution in [0.3, 0.4) is 0 Å². The van der Waals surface area contributed by atoms with Crippen LogP contribution in [0.1, 0.15) is 7.43 Å². The van der Waals surface area contributed by atoms with Crippen molar-refractivity contribution in [2.75, 3.05) is 28.0 Å². The van der Waals surface area contributed by atoms with Crippen LogP contribution >= 0.6 is 0 Å². The fraction of sp³-hybridized carbons (Fsp3) is 0.652. The molecule has 63 heavy (non-hydrogen) atoms. The van der Waals surface area contributed by atoms with E-state index in [1.807, 2.05) is 9.47 Å². The minimum absolute atomic E-state index is 0. The number of alkyl halides is 21. The number of carbonyl (C=O) groups excluding carboxylic acids is 4. The number of halogens is 29. The predicted octanol–water partition coefficient (Wildman–Crippen LogP) is 10.4. The number of esters is 2. The average Bonchev–Trinajstić information content (AvgIpc) is 3.09. The lowest BCUT2D eigenvalue weighted by Crippen LogP contribution is -2.64. The Morgan fingerprint density at radius 2 is 0.619 bits per heavy atom. The minimum atomic E-state index is -7.39. The van der Waals surface area contributed by atoms with Gasteiger partial charge in [0.1, 0.15) is 0 Å². The lowest BCUT2D eigenvalue weighted by Gasteiger charge is -2.36. The van der Waals surface area contributed by atoms with Crippen LogP contribution in [0.2, 0.25) is 0 Å². The normalized spacial score (nSPS) is 14.3. The van der Waals surface area contributed by atoms with Crippen molar-refractivity contribution in [3.63, 3.8) is 0 Å². The molecule has 2 unspecified atom stereocenters. The van der Waals surface area contributed by atoms with Crippen LogP contribution in [0, 0.1) is 0 Å². The molecule has 40 heteroatoms. The summed E-state index contributed by atoms with van der Waals surface area (Å²) < 4.78 is 376. The zero-order valence-corrected chi connectivity index (χ0v) is 28.2. The van der Waals surface area contributed by atoms with E-state index in [9.17, 15) is 137 Å². The first-order valence-electron chi connectivity index (χ1n) is 12.7. The SMILES string of the molecule is C.COC(=O)C(F)(F)C(F)(F)OC(F)(C(F)(F)F)C(F)(F)OC(F)=C(F)F.COC(=O)C(F)(F)C(F)(F)OC(F)(C(F)(F)F)C(F)(F)OC(F)=C(F)F.COC(=O)F.O=C(F)CF. The van der Waals surface area contributed by atoms with Crippen molar-refractivity contribution in [1.29, 1.82) is 0 Å². The summed E-state index contributed by atoms with van der Waals surface area (Å²) in [6.45, 7) is -1.50. The van der Waals surface area contributed by atoms with E-state index in [1.165, 1.54) is 0 Å². The molecule has 0 radical (unpaired) electrons. The first-order valence-corrected chi connectivity index (χ1v) is 12.7. The Morgan fingerprint density at radius 1 is 0.413 bits per heavy atom. The Hall–Kier alpha value is -4.95. The third-order valence-electron chi connectivity index (χ3n) is 4.63. The van der Waals surface area contributed by atoms with Gasteiger partial charge in [-0.1, -0.05) is 7.43 Å². The van der Waals surface area contributed by atoms with Crippen molar-refractivity contribution >= 4 is 24.2 Å². The van der Waals surface area contributed by atoms with E-state index in [0.29, 0.717) is 0 Å². The second kappa shape index (κ2) is 23.7. The molecule has 376 valence electrons. The van der Waals surface area contributed by atoms with Crippen LogP contribution in [0.15, 0.2) is 24.2 Å². The predicted molar refractivity (Wildman–Crippen MR) is 131 cm³/mol. The van der Waals surface area contributed by atoms with Gasteiger partial charge in [-0.15, -0.1) is 4.39 Å². The van der Waals surface area contributed by atoms with E-state index in [-0.39, 0.29) is 21.6 Å². The number of rotatable bonds is 15. The quantitative estimate of drug-likeness (QED) is 0.0510. The van der Waals surface area contributed by atoms with E-state index in [4.69, 9.17) is 9.59 Å². The van der Waals surface area contributed by atoms with E-state index >= 15 is 0 Å². The molecule has 0 bridgehead atoms. The zero-order valence-electron chi connectivity index (χ0n) is 28.2. The molecular formula is C23H15F29O11. The molecule has 0 aromatic carbocycles. The van der Waals surface area contributed by atoms with Gasteiger partial charge in [-0.2, -0.15) is 119 Å². The Morgan fingerprint density at radius 3 is 0.746 bits per heavy atom. The maximum Gasteiger partial charge on any atom is 0.495 e. The van der Waals surface area contributed by atoms with Gasteiger partial charge in [0, 0.05) is 0 Å². The van der Waals surface area contributed by atoms with E-state index in [1.54, 1.807) is 9.47 Å². The van der Waals surface area contributed by atoms with Gasteiger partial charge in [0.05, 0.1) is 21.3 Å². The molecular weight excluding hydrogens is 1000 g/mol. The van der Waals surface area contributed by atoms with Crippen molar-refractivity contribution in [2.45, 2.75) is 67.8 Å². The van der Waals surface area contributed by atoms with Gasteiger partial charge in [0.25, 0.3) is 0 Å². The maximum atomic E-state index is 13.5. The molecule has 0 rings (SSSR count). The smallest absolute Gasteiger partial charge is 0.464 e. The highest BCUT2D eigenvalue weighted by molar-refractivity contribution is 5.78. The van der Waals surface area contributed by atoms with Gasteiger partial charge in [-0.3, -0.25) is 14.3 Å². The van der Waals surface area contributed by atoms with Crippen LogP contribution in [-0.4, -0.2) is 113 Å². The van der Waals surface area contributed by atoms with Gasteiger partial charge in [-0.05, 0) is 0 Å². The van der Waals surface area contributed by atoms with Crippen molar-refractivity contribution in [3.05, 3.63) is 24.2 Å². The van der Waals surface area contributed by atoms with Gasteiger partial charge < -0.3 is 23.7 Å². The first-order chi connectivity index (χ1) is 27.1. The van der Waals surface area contributed by atoms with Gasteiger partial charge in [0.15, 0.2) is 6.67 Å². The summed E-state index contributed by atoms with van der Waals surface area (Å²) in [5.74, 6) is -34.3. The summed E-state index contributed by atoms with van der Waals surface area (Å²) >= 11 is 0. The summed E-state index contributed by atoms with van der Waals surface area (Å²) in [6, 6.07) is -9.65. The molecule has 0 spiro atoms. The summed E-state index contributed by atoms with van der Waals surface area (Å²) in [5, 5.41) is 0. The largest absolute Gasteiger partial charge is 0.495 e. The molecule has 0 aromatic rings. The minimum Gasteiger partial charge on any atom is -0.464 e. The molecule has 0 saturated carbocycles. The van der Waals surface area contributed by atoms with E-state index < -0.39 is 115 Å². The monoisotopic (exact) mass is 1020 g/mol. The molecule has 0 amide bonds. The fourth-order valence-corrected chi connectivity index (χ4v) is 1.97. The standard InChI is InChI=1S/2C9H3F13O4.C2H2F2O.C2H3FO2.CH4/c2*1-24-4(23)5(13,14)8(19,20)26-6(15,7(16,17)18)9(21,22)25-3(12)2(10)11;3-1-2(4)5;1-5-2(3)4;/h2*1H3;1H2;1H3;1H4.